The van der Waals surface area contributed by atoms with Gasteiger partial charge in [-0.1, -0.05) is 18.2 Å². The van der Waals surface area contributed by atoms with Crippen molar-refractivity contribution < 1.29 is 8.78 Å². The minimum Gasteiger partial charge on any atom is -0.298 e. The number of hydrogen-bond donors (Lipinski definition) is 0. The van der Waals surface area contributed by atoms with Crippen LogP contribution in [0.2, 0.25) is 0 Å². The topological polar surface area (TPSA) is 38.1 Å². The van der Waals surface area contributed by atoms with Gasteiger partial charge in [0, 0.05) is 31.3 Å². The normalized spacial score (nSPS) is 14.3. The Morgan fingerprint density at radius 2 is 1.92 bits per heavy atom. The zero-order valence-electron chi connectivity index (χ0n) is 14.5. The molecule has 0 unspecified atom stereocenters. The number of nitrogens with zero attached hydrogens (tertiary/aromatic N) is 3. The molecule has 1 fully saturated rings. The fraction of sp³-hybridized carbons (Fsp3) is 0.300. The number of fused-ring (bicyclic) bond motifs is 1. The Labute approximate surface area is 149 Å². The number of benzene rings is 2. The third-order valence-corrected chi connectivity index (χ3v) is 4.87. The molecule has 0 aliphatic heterocycles. The summed E-state index contributed by atoms with van der Waals surface area (Å²) in [5.74, 6) is -0.484. The van der Waals surface area contributed by atoms with E-state index in [-0.39, 0.29) is 5.56 Å². The van der Waals surface area contributed by atoms with Crippen LogP contribution in [0.3, 0.4) is 0 Å². The maximum atomic E-state index is 14.0. The molecule has 0 spiro atoms. The van der Waals surface area contributed by atoms with E-state index in [4.69, 9.17) is 0 Å². The number of aromatic nitrogens is 2. The lowest BCUT2D eigenvalue weighted by molar-refractivity contribution is 0.232. The van der Waals surface area contributed by atoms with Crippen molar-refractivity contribution in [1.29, 1.82) is 0 Å². The summed E-state index contributed by atoms with van der Waals surface area (Å²) in [7, 11) is 1.71. The molecule has 2 aromatic carbocycles. The Morgan fingerprint density at radius 3 is 2.65 bits per heavy atom. The predicted octanol–water partition coefficient (Wildman–Crippen LogP) is 3.38. The molecule has 4 rings (SSSR count). The summed E-state index contributed by atoms with van der Waals surface area (Å²) in [5.41, 5.74) is 1.02. The van der Waals surface area contributed by atoms with Gasteiger partial charge in [0.2, 0.25) is 0 Å². The van der Waals surface area contributed by atoms with Gasteiger partial charge in [-0.2, -0.15) is 0 Å². The molecule has 1 aliphatic rings. The molecule has 0 bridgehead atoms. The lowest BCUT2D eigenvalue weighted by Gasteiger charge is -2.23. The highest BCUT2D eigenvalue weighted by Crippen LogP contribution is 2.30. The van der Waals surface area contributed by atoms with Gasteiger partial charge in [-0.05, 0) is 31.0 Å². The van der Waals surface area contributed by atoms with E-state index in [1.54, 1.807) is 17.7 Å². The summed E-state index contributed by atoms with van der Waals surface area (Å²) in [6.07, 6.45) is 2.06. The van der Waals surface area contributed by atoms with Crippen LogP contribution < -0.4 is 5.56 Å². The number of rotatable bonds is 5. The lowest BCUT2D eigenvalue weighted by atomic mass is 10.2. The van der Waals surface area contributed by atoms with Crippen molar-refractivity contribution in [2.45, 2.75) is 32.0 Å². The lowest BCUT2D eigenvalue weighted by Crippen LogP contribution is -2.31. The first-order valence-electron chi connectivity index (χ1n) is 8.65. The van der Waals surface area contributed by atoms with Crippen molar-refractivity contribution in [2.75, 3.05) is 0 Å². The van der Waals surface area contributed by atoms with E-state index in [9.17, 15) is 13.6 Å². The molecular formula is C20H19F2N3O. The van der Waals surface area contributed by atoms with Crippen LogP contribution >= 0.6 is 0 Å². The fourth-order valence-corrected chi connectivity index (χ4v) is 3.21. The molecule has 3 aromatic rings. The smallest absolute Gasteiger partial charge is 0.261 e. The molecule has 1 heterocycles. The monoisotopic (exact) mass is 355 g/mol. The first-order valence-corrected chi connectivity index (χ1v) is 8.65. The SMILES string of the molecule is Cn1c(CN(Cc2ccc(F)cc2F)C2CC2)nc2ccccc2c1=O. The van der Waals surface area contributed by atoms with E-state index in [0.29, 0.717) is 41.4 Å². The summed E-state index contributed by atoms with van der Waals surface area (Å²) < 4.78 is 28.7. The van der Waals surface area contributed by atoms with Gasteiger partial charge in [-0.15, -0.1) is 0 Å². The maximum absolute atomic E-state index is 14.0. The van der Waals surface area contributed by atoms with Crippen LogP contribution in [0, 0.1) is 11.6 Å². The van der Waals surface area contributed by atoms with Crippen molar-refractivity contribution in [2.24, 2.45) is 7.05 Å². The van der Waals surface area contributed by atoms with Gasteiger partial charge in [0.05, 0.1) is 17.4 Å². The molecule has 0 radical (unpaired) electrons. The van der Waals surface area contributed by atoms with Gasteiger partial charge in [0.25, 0.3) is 5.56 Å². The minimum absolute atomic E-state index is 0.0886. The predicted molar refractivity (Wildman–Crippen MR) is 95.6 cm³/mol. The van der Waals surface area contributed by atoms with Crippen LogP contribution in [0.1, 0.15) is 24.2 Å². The average Bonchev–Trinajstić information content (AvgIpc) is 3.46. The Balaban J connectivity index is 1.66. The molecule has 134 valence electrons. The largest absolute Gasteiger partial charge is 0.298 e. The summed E-state index contributed by atoms with van der Waals surface area (Å²) in [6, 6.07) is 11.2. The van der Waals surface area contributed by atoms with E-state index >= 15 is 0 Å². The van der Waals surface area contributed by atoms with Gasteiger partial charge in [-0.25, -0.2) is 13.8 Å². The highest BCUT2D eigenvalue weighted by Gasteiger charge is 2.30. The van der Waals surface area contributed by atoms with Crippen molar-refractivity contribution in [1.82, 2.24) is 14.5 Å². The summed E-state index contributed by atoms with van der Waals surface area (Å²) in [4.78, 5) is 19.3. The zero-order valence-corrected chi connectivity index (χ0v) is 14.5. The average molecular weight is 355 g/mol. The first-order chi connectivity index (χ1) is 12.5. The van der Waals surface area contributed by atoms with Gasteiger partial charge >= 0.3 is 0 Å². The molecule has 0 amide bonds. The quantitative estimate of drug-likeness (QED) is 0.704. The van der Waals surface area contributed by atoms with Crippen molar-refractivity contribution >= 4 is 10.9 Å². The maximum Gasteiger partial charge on any atom is 0.261 e. The Morgan fingerprint density at radius 1 is 1.15 bits per heavy atom. The van der Waals surface area contributed by atoms with Gasteiger partial charge in [-0.3, -0.25) is 14.3 Å². The fourth-order valence-electron chi connectivity index (χ4n) is 3.21. The molecule has 1 aliphatic carbocycles. The van der Waals surface area contributed by atoms with E-state index < -0.39 is 11.6 Å². The molecule has 0 N–H and O–H groups in total. The summed E-state index contributed by atoms with van der Waals surface area (Å²) >= 11 is 0. The molecule has 1 aromatic heterocycles. The Hall–Kier alpha value is -2.60. The second kappa shape index (κ2) is 6.61. The van der Waals surface area contributed by atoms with Crippen LogP contribution in [-0.4, -0.2) is 20.5 Å². The summed E-state index contributed by atoms with van der Waals surface area (Å²) in [5, 5.41) is 0.585. The molecule has 0 saturated heterocycles. The number of hydrogen-bond acceptors (Lipinski definition) is 3. The van der Waals surface area contributed by atoms with Gasteiger partial charge < -0.3 is 0 Å². The van der Waals surface area contributed by atoms with E-state index in [2.05, 4.69) is 9.88 Å². The Bertz CT molecular complexity index is 1030. The Kier molecular flexibility index (Phi) is 4.28. The van der Waals surface area contributed by atoms with E-state index in [1.807, 2.05) is 18.2 Å². The van der Waals surface area contributed by atoms with Crippen molar-refractivity contribution in [3.8, 4) is 0 Å². The van der Waals surface area contributed by atoms with Crippen LogP contribution in [0.4, 0.5) is 8.78 Å². The molecule has 26 heavy (non-hydrogen) atoms. The second-order valence-corrected chi connectivity index (χ2v) is 6.78. The molecule has 0 atom stereocenters. The van der Waals surface area contributed by atoms with Gasteiger partial charge in [0.15, 0.2) is 0 Å². The van der Waals surface area contributed by atoms with Gasteiger partial charge in [0.1, 0.15) is 17.5 Å². The van der Waals surface area contributed by atoms with E-state index in [1.165, 1.54) is 12.1 Å². The molecular weight excluding hydrogens is 336 g/mol. The molecule has 6 heteroatoms. The van der Waals surface area contributed by atoms with Crippen molar-refractivity contribution in [3.05, 3.63) is 75.8 Å². The standard InChI is InChI=1S/C20H19F2N3O/c1-24-19(23-18-5-3-2-4-16(18)20(24)26)12-25(15-8-9-15)11-13-6-7-14(21)10-17(13)22/h2-7,10,15H,8-9,11-12H2,1H3. The number of para-hydroxylation sites is 1. The van der Waals surface area contributed by atoms with Crippen molar-refractivity contribution in [3.63, 3.8) is 0 Å². The van der Waals surface area contributed by atoms with E-state index in [0.717, 1.165) is 18.9 Å². The number of halogens is 2. The highest BCUT2D eigenvalue weighted by molar-refractivity contribution is 5.77. The molecule has 4 nitrogen and oxygen atoms in total. The third kappa shape index (κ3) is 3.24. The van der Waals surface area contributed by atoms with Crippen LogP contribution in [0.25, 0.3) is 10.9 Å². The van der Waals surface area contributed by atoms with Crippen LogP contribution in [0.5, 0.6) is 0 Å². The first kappa shape index (κ1) is 16.8. The molecule has 1 saturated carbocycles. The third-order valence-electron chi connectivity index (χ3n) is 4.87. The second-order valence-electron chi connectivity index (χ2n) is 6.78. The van der Waals surface area contributed by atoms with Crippen LogP contribution in [0.15, 0.2) is 47.3 Å². The summed E-state index contributed by atoms with van der Waals surface area (Å²) in [6.45, 7) is 0.803. The minimum atomic E-state index is -0.581. The highest BCUT2D eigenvalue weighted by atomic mass is 19.1. The van der Waals surface area contributed by atoms with Crippen LogP contribution in [-0.2, 0) is 20.1 Å². The zero-order chi connectivity index (χ0) is 18.3.